The summed E-state index contributed by atoms with van der Waals surface area (Å²) in [5, 5.41) is 0. The van der Waals surface area contributed by atoms with Crippen LogP contribution in [0.3, 0.4) is 0 Å². The Balaban J connectivity index is 2.25. The molecule has 0 atom stereocenters. The fraction of sp³-hybridized carbons (Fsp3) is 0.625. The van der Waals surface area contributed by atoms with Gasteiger partial charge in [-0.1, -0.05) is 52.7 Å². The molecule has 1 aliphatic heterocycles. The molecule has 202 valence electrons. The lowest BCUT2D eigenvalue weighted by atomic mass is 10.0. The third kappa shape index (κ3) is 15.7. The summed E-state index contributed by atoms with van der Waals surface area (Å²) in [7, 11) is 0. The molecule has 1 saturated heterocycles. The van der Waals surface area contributed by atoms with Crippen molar-refractivity contribution in [2.45, 2.75) is 106 Å². The van der Waals surface area contributed by atoms with Gasteiger partial charge in [0.2, 0.25) is 5.91 Å². The van der Waals surface area contributed by atoms with E-state index in [1.807, 2.05) is 11.8 Å². The van der Waals surface area contributed by atoms with Crippen molar-refractivity contribution in [3.05, 3.63) is 58.2 Å². The quantitative estimate of drug-likeness (QED) is 0.160. The molecular weight excluding hydrogens is 446 g/mol. The number of ether oxygens (including phenoxy) is 1. The molecular formula is C32H51NO3. The highest BCUT2D eigenvalue weighted by molar-refractivity contribution is 5.92. The van der Waals surface area contributed by atoms with Crippen LogP contribution in [-0.2, 0) is 14.3 Å². The summed E-state index contributed by atoms with van der Waals surface area (Å²) in [5.41, 5.74) is 6.55. The number of nitrogens with zero attached hydrogens (tertiary/aromatic N) is 1. The summed E-state index contributed by atoms with van der Waals surface area (Å²) >= 11 is 0. The third-order valence-corrected chi connectivity index (χ3v) is 6.71. The van der Waals surface area contributed by atoms with Crippen LogP contribution in [0.25, 0.3) is 0 Å². The Bertz CT molecular complexity index is 835. The van der Waals surface area contributed by atoms with E-state index < -0.39 is 0 Å². The summed E-state index contributed by atoms with van der Waals surface area (Å²) in [5.74, 6) is 0.417. The second-order valence-corrected chi connectivity index (χ2v) is 10.4. The average Bonchev–Trinajstić information content (AvgIpc) is 2.83. The highest BCUT2D eigenvalue weighted by Crippen LogP contribution is 2.15. The van der Waals surface area contributed by atoms with Crippen molar-refractivity contribution in [1.82, 2.24) is 4.90 Å². The largest absolute Gasteiger partial charge is 0.378 e. The van der Waals surface area contributed by atoms with Gasteiger partial charge in [0.25, 0.3) is 0 Å². The van der Waals surface area contributed by atoms with Crippen molar-refractivity contribution in [3.63, 3.8) is 0 Å². The molecule has 0 bridgehead atoms. The zero-order valence-electron chi connectivity index (χ0n) is 24.0. The van der Waals surface area contributed by atoms with Crippen molar-refractivity contribution in [1.29, 1.82) is 0 Å². The fourth-order valence-electron chi connectivity index (χ4n) is 4.19. The molecule has 0 N–H and O–H groups in total. The highest BCUT2D eigenvalue weighted by atomic mass is 16.5. The molecule has 0 aromatic rings. The van der Waals surface area contributed by atoms with Crippen LogP contribution in [0.1, 0.15) is 106 Å². The maximum absolute atomic E-state index is 12.4. The van der Waals surface area contributed by atoms with Crippen molar-refractivity contribution in [3.8, 4) is 0 Å². The zero-order chi connectivity index (χ0) is 26.8. The van der Waals surface area contributed by atoms with Gasteiger partial charge in [-0.2, -0.15) is 0 Å². The lowest BCUT2D eigenvalue weighted by Crippen LogP contribution is -2.41. The van der Waals surface area contributed by atoms with E-state index in [-0.39, 0.29) is 11.7 Å². The van der Waals surface area contributed by atoms with Gasteiger partial charge in [-0.05, 0) is 99.3 Å². The monoisotopic (exact) mass is 497 g/mol. The molecule has 4 heteroatoms. The average molecular weight is 498 g/mol. The summed E-state index contributed by atoms with van der Waals surface area (Å²) < 4.78 is 5.33. The Hall–Kier alpha value is -2.20. The molecule has 0 aliphatic carbocycles. The minimum atomic E-state index is 0.152. The molecule has 1 rings (SSSR count). The first kappa shape index (κ1) is 31.8. The van der Waals surface area contributed by atoms with Gasteiger partial charge < -0.3 is 14.4 Å². The van der Waals surface area contributed by atoms with E-state index in [4.69, 9.17) is 4.74 Å². The predicted molar refractivity (Wildman–Crippen MR) is 153 cm³/mol. The van der Waals surface area contributed by atoms with Crippen LogP contribution in [0.2, 0.25) is 0 Å². The molecule has 0 spiro atoms. The first-order chi connectivity index (χ1) is 17.2. The smallest absolute Gasteiger partial charge is 0.249 e. The molecule has 0 radical (unpaired) electrons. The first-order valence-corrected chi connectivity index (χ1v) is 13.8. The van der Waals surface area contributed by atoms with Crippen LogP contribution in [0.15, 0.2) is 58.2 Å². The normalized spacial score (nSPS) is 16.5. The van der Waals surface area contributed by atoms with Gasteiger partial charge in [0.05, 0.1) is 13.2 Å². The number of allylic oxidation sites excluding steroid dienone is 9. The van der Waals surface area contributed by atoms with Gasteiger partial charge in [0.15, 0.2) is 0 Å². The van der Waals surface area contributed by atoms with Crippen LogP contribution in [0, 0.1) is 0 Å². The SMILES string of the molecule is CC(=O)CC/C=C(\C)CC/C=C(\C)CC/C=C(\C)CC/C=C(\C)CC/C=C(\C)C(=O)N1CCOCC1. The Kier molecular flexibility index (Phi) is 16.8. The number of morpholine rings is 1. The van der Waals surface area contributed by atoms with Crippen LogP contribution in [-0.4, -0.2) is 42.9 Å². The number of carbonyl (C=O) groups excluding carboxylic acids is 2. The minimum Gasteiger partial charge on any atom is -0.378 e. The van der Waals surface area contributed by atoms with Gasteiger partial charge >= 0.3 is 0 Å². The predicted octanol–water partition coefficient (Wildman–Crippen LogP) is 8.07. The van der Waals surface area contributed by atoms with E-state index >= 15 is 0 Å². The van der Waals surface area contributed by atoms with Gasteiger partial charge in [0, 0.05) is 25.1 Å². The molecule has 1 amide bonds. The van der Waals surface area contributed by atoms with Gasteiger partial charge in [0.1, 0.15) is 5.78 Å². The first-order valence-electron chi connectivity index (χ1n) is 13.8. The van der Waals surface area contributed by atoms with Gasteiger partial charge in [-0.15, -0.1) is 0 Å². The Morgan fingerprint density at radius 2 is 0.944 bits per heavy atom. The standard InChI is InChI=1S/C32H51NO3/c1-26(12-7-13-27(2)15-9-17-29(4)19-11-21-31(6)34)14-8-16-28(3)18-10-20-30(5)32(35)33-22-24-36-25-23-33/h12,15-16,19-20H,7-11,13-14,17-18,21-25H2,1-6H3/b26-12+,27-15+,28-16+,29-19+,30-20+. The third-order valence-electron chi connectivity index (χ3n) is 6.71. The molecule has 36 heavy (non-hydrogen) atoms. The van der Waals surface area contributed by atoms with Crippen molar-refractivity contribution < 1.29 is 14.3 Å². The molecule has 1 heterocycles. The van der Waals surface area contributed by atoms with Crippen LogP contribution >= 0.6 is 0 Å². The number of hydrogen-bond acceptors (Lipinski definition) is 3. The summed E-state index contributed by atoms with van der Waals surface area (Å²) in [4.78, 5) is 25.4. The Labute approximate surface area is 221 Å². The lowest BCUT2D eigenvalue weighted by Gasteiger charge is -2.27. The molecule has 1 fully saturated rings. The van der Waals surface area contributed by atoms with E-state index in [9.17, 15) is 9.59 Å². The number of hydrogen-bond donors (Lipinski definition) is 0. The second kappa shape index (κ2) is 19.0. The lowest BCUT2D eigenvalue weighted by molar-refractivity contribution is -0.131. The zero-order valence-corrected chi connectivity index (χ0v) is 24.0. The molecule has 0 aromatic carbocycles. The van der Waals surface area contributed by atoms with E-state index in [1.165, 1.54) is 22.3 Å². The van der Waals surface area contributed by atoms with Crippen molar-refractivity contribution in [2.24, 2.45) is 0 Å². The molecule has 4 nitrogen and oxygen atoms in total. The maximum Gasteiger partial charge on any atom is 0.249 e. The van der Waals surface area contributed by atoms with E-state index in [1.54, 1.807) is 6.92 Å². The summed E-state index contributed by atoms with van der Waals surface area (Å²) in [6.07, 6.45) is 21.4. The number of rotatable bonds is 16. The fourth-order valence-corrected chi connectivity index (χ4v) is 4.19. The molecule has 0 saturated carbocycles. The van der Waals surface area contributed by atoms with Crippen molar-refractivity contribution in [2.75, 3.05) is 26.3 Å². The number of carbonyl (C=O) groups is 2. The Morgan fingerprint density at radius 3 is 1.33 bits per heavy atom. The Morgan fingerprint density at radius 1 is 0.583 bits per heavy atom. The maximum atomic E-state index is 12.4. The topological polar surface area (TPSA) is 46.6 Å². The summed E-state index contributed by atoms with van der Waals surface area (Å²) in [6, 6.07) is 0. The number of Topliss-reactive ketones (excluding diaryl/α,β-unsaturated/α-hetero) is 1. The van der Waals surface area contributed by atoms with Crippen LogP contribution < -0.4 is 0 Å². The van der Waals surface area contributed by atoms with Crippen LogP contribution in [0.5, 0.6) is 0 Å². The molecule has 1 aliphatic rings. The number of ketones is 1. The summed E-state index contributed by atoms with van der Waals surface area (Å²) in [6.45, 7) is 15.1. The van der Waals surface area contributed by atoms with Gasteiger partial charge in [-0.3, -0.25) is 4.79 Å². The van der Waals surface area contributed by atoms with Crippen LogP contribution in [0.4, 0.5) is 0 Å². The van der Waals surface area contributed by atoms with E-state index in [0.717, 1.165) is 63.4 Å². The van der Waals surface area contributed by atoms with Crippen molar-refractivity contribution >= 4 is 11.7 Å². The van der Waals surface area contributed by atoms with Gasteiger partial charge in [-0.25, -0.2) is 0 Å². The highest BCUT2D eigenvalue weighted by Gasteiger charge is 2.17. The van der Waals surface area contributed by atoms with E-state index in [0.29, 0.717) is 32.7 Å². The second-order valence-electron chi connectivity index (χ2n) is 10.4. The minimum absolute atomic E-state index is 0.152. The molecule has 0 aromatic heterocycles. The molecule has 0 unspecified atom stereocenters. The van der Waals surface area contributed by atoms with E-state index in [2.05, 4.69) is 58.1 Å². The number of amides is 1.